The van der Waals surface area contributed by atoms with Crippen LogP contribution in [0.2, 0.25) is 0 Å². The van der Waals surface area contributed by atoms with Gasteiger partial charge in [-0.3, -0.25) is 0 Å². The summed E-state index contributed by atoms with van der Waals surface area (Å²) in [5.41, 5.74) is 1.10. The Morgan fingerprint density at radius 1 is 1.47 bits per heavy atom. The first-order valence-corrected chi connectivity index (χ1v) is 7.41. The standard InChI is InChI=1S/C14H24N2O2S/c1-10-5-6-19-12(10)8-15-13(18)16-9-14(3,4)7-11(2)17/h5-6,11,17H,7-9H2,1-4H3,(H2,15,16,18). The first-order chi connectivity index (χ1) is 8.80. The fourth-order valence-corrected chi connectivity index (χ4v) is 2.85. The Balaban J connectivity index is 2.30. The summed E-state index contributed by atoms with van der Waals surface area (Å²) >= 11 is 1.65. The molecule has 1 heterocycles. The zero-order valence-electron chi connectivity index (χ0n) is 12.1. The van der Waals surface area contributed by atoms with Crippen molar-refractivity contribution in [1.29, 1.82) is 0 Å². The fraction of sp³-hybridized carbons (Fsp3) is 0.643. The molecule has 4 nitrogen and oxygen atoms in total. The third-order valence-electron chi connectivity index (χ3n) is 2.95. The maximum Gasteiger partial charge on any atom is 0.315 e. The molecular weight excluding hydrogens is 260 g/mol. The Morgan fingerprint density at radius 2 is 2.16 bits per heavy atom. The van der Waals surface area contributed by atoms with E-state index in [4.69, 9.17) is 0 Å². The molecule has 0 saturated carbocycles. The summed E-state index contributed by atoms with van der Waals surface area (Å²) in [6.45, 7) is 8.98. The van der Waals surface area contributed by atoms with E-state index in [1.165, 1.54) is 10.4 Å². The topological polar surface area (TPSA) is 61.4 Å². The van der Waals surface area contributed by atoms with Crippen molar-refractivity contribution >= 4 is 17.4 Å². The Labute approximate surface area is 119 Å². The van der Waals surface area contributed by atoms with Crippen molar-refractivity contribution in [2.45, 2.75) is 46.8 Å². The molecule has 0 aliphatic carbocycles. The largest absolute Gasteiger partial charge is 0.393 e. The molecule has 108 valence electrons. The first kappa shape index (κ1) is 16.0. The summed E-state index contributed by atoms with van der Waals surface area (Å²) in [4.78, 5) is 12.9. The van der Waals surface area contributed by atoms with Gasteiger partial charge in [-0.1, -0.05) is 13.8 Å². The van der Waals surface area contributed by atoms with Gasteiger partial charge in [0, 0.05) is 11.4 Å². The number of nitrogens with one attached hydrogen (secondary N) is 2. The Bertz CT molecular complexity index is 413. The third kappa shape index (κ3) is 6.07. The molecule has 0 aromatic carbocycles. The second-order valence-electron chi connectivity index (χ2n) is 5.78. The van der Waals surface area contributed by atoms with E-state index in [0.717, 1.165) is 0 Å². The van der Waals surface area contributed by atoms with Crippen LogP contribution in [0.4, 0.5) is 4.79 Å². The molecular formula is C14H24N2O2S. The molecule has 0 fully saturated rings. The second-order valence-corrected chi connectivity index (χ2v) is 6.78. The van der Waals surface area contributed by atoms with Gasteiger partial charge in [0.1, 0.15) is 0 Å². The van der Waals surface area contributed by atoms with Crippen LogP contribution in [0.25, 0.3) is 0 Å². The summed E-state index contributed by atoms with van der Waals surface area (Å²) in [6.07, 6.45) is 0.311. The highest BCUT2D eigenvalue weighted by molar-refractivity contribution is 7.10. The molecule has 1 unspecified atom stereocenters. The minimum atomic E-state index is -0.353. The molecule has 0 bridgehead atoms. The van der Waals surface area contributed by atoms with Gasteiger partial charge in [0.15, 0.2) is 0 Å². The molecule has 2 amide bonds. The maximum absolute atomic E-state index is 11.7. The van der Waals surface area contributed by atoms with E-state index in [1.807, 2.05) is 32.2 Å². The third-order valence-corrected chi connectivity index (χ3v) is 3.98. The number of amides is 2. The van der Waals surface area contributed by atoms with E-state index in [2.05, 4.69) is 10.6 Å². The zero-order chi connectivity index (χ0) is 14.5. The van der Waals surface area contributed by atoms with E-state index in [0.29, 0.717) is 19.5 Å². The van der Waals surface area contributed by atoms with Crippen molar-refractivity contribution < 1.29 is 9.90 Å². The van der Waals surface area contributed by atoms with Gasteiger partial charge in [0.25, 0.3) is 0 Å². The number of hydrogen-bond donors (Lipinski definition) is 3. The fourth-order valence-electron chi connectivity index (χ4n) is 2.00. The van der Waals surface area contributed by atoms with Crippen molar-refractivity contribution in [3.05, 3.63) is 21.9 Å². The van der Waals surface area contributed by atoms with Gasteiger partial charge in [-0.05, 0) is 42.7 Å². The van der Waals surface area contributed by atoms with E-state index < -0.39 is 0 Å². The van der Waals surface area contributed by atoms with Gasteiger partial charge in [-0.25, -0.2) is 4.79 Å². The predicted octanol–water partition coefficient (Wildman–Crippen LogP) is 2.65. The molecule has 0 saturated heterocycles. The number of hydrogen-bond acceptors (Lipinski definition) is 3. The molecule has 0 aliphatic rings. The summed E-state index contributed by atoms with van der Waals surface area (Å²) in [6, 6.07) is 1.89. The summed E-state index contributed by atoms with van der Waals surface area (Å²) < 4.78 is 0. The maximum atomic E-state index is 11.7. The van der Waals surface area contributed by atoms with Gasteiger partial charge in [0.2, 0.25) is 0 Å². The number of aliphatic hydroxyl groups excluding tert-OH is 1. The van der Waals surface area contributed by atoms with Gasteiger partial charge >= 0.3 is 6.03 Å². The lowest BCUT2D eigenvalue weighted by Gasteiger charge is -2.26. The van der Waals surface area contributed by atoms with E-state index >= 15 is 0 Å². The number of carbonyl (C=O) groups excluding carboxylic acids is 1. The van der Waals surface area contributed by atoms with E-state index in [-0.39, 0.29) is 17.6 Å². The highest BCUT2D eigenvalue weighted by Gasteiger charge is 2.20. The summed E-state index contributed by atoms with van der Waals surface area (Å²) in [5.74, 6) is 0. The van der Waals surface area contributed by atoms with Crippen LogP contribution in [0.5, 0.6) is 0 Å². The van der Waals surface area contributed by atoms with E-state index in [9.17, 15) is 9.90 Å². The second kappa shape index (κ2) is 6.91. The van der Waals surface area contributed by atoms with Gasteiger partial charge in [-0.15, -0.1) is 11.3 Å². The number of aryl methyl sites for hydroxylation is 1. The smallest absolute Gasteiger partial charge is 0.315 e. The molecule has 1 aromatic heterocycles. The quantitative estimate of drug-likeness (QED) is 0.752. The molecule has 0 radical (unpaired) electrons. The molecule has 3 N–H and O–H groups in total. The lowest BCUT2D eigenvalue weighted by atomic mass is 9.87. The van der Waals surface area contributed by atoms with Gasteiger partial charge < -0.3 is 15.7 Å². The van der Waals surface area contributed by atoms with Crippen LogP contribution in [0.3, 0.4) is 0 Å². The van der Waals surface area contributed by atoms with E-state index in [1.54, 1.807) is 18.3 Å². The van der Waals surface area contributed by atoms with Crippen LogP contribution in [0, 0.1) is 12.3 Å². The van der Waals surface area contributed by atoms with Crippen LogP contribution in [-0.4, -0.2) is 23.8 Å². The number of aliphatic hydroxyl groups is 1. The number of urea groups is 1. The van der Waals surface area contributed by atoms with Gasteiger partial charge in [-0.2, -0.15) is 0 Å². The van der Waals surface area contributed by atoms with Crippen LogP contribution in [-0.2, 0) is 6.54 Å². The highest BCUT2D eigenvalue weighted by Crippen LogP contribution is 2.21. The molecule has 1 atom stereocenters. The van der Waals surface area contributed by atoms with Crippen LogP contribution < -0.4 is 10.6 Å². The molecule has 1 rings (SSSR count). The number of thiophene rings is 1. The lowest BCUT2D eigenvalue weighted by molar-refractivity contribution is 0.129. The van der Waals surface area contributed by atoms with Crippen molar-refractivity contribution in [3.8, 4) is 0 Å². The normalized spacial score (nSPS) is 13.1. The van der Waals surface area contributed by atoms with Crippen molar-refractivity contribution in [2.24, 2.45) is 5.41 Å². The van der Waals surface area contributed by atoms with Crippen LogP contribution in [0.1, 0.15) is 37.6 Å². The molecule has 0 aliphatic heterocycles. The summed E-state index contributed by atoms with van der Waals surface area (Å²) in [5, 5.41) is 17.1. The number of rotatable bonds is 6. The average Bonchev–Trinajstić information content (AvgIpc) is 2.68. The monoisotopic (exact) mass is 284 g/mol. The number of carbonyl (C=O) groups is 1. The Morgan fingerprint density at radius 3 is 2.68 bits per heavy atom. The SMILES string of the molecule is Cc1ccsc1CNC(=O)NCC(C)(C)CC(C)O. The Kier molecular flexibility index (Phi) is 5.82. The minimum absolute atomic E-state index is 0.107. The van der Waals surface area contributed by atoms with Crippen LogP contribution in [0.15, 0.2) is 11.4 Å². The predicted molar refractivity (Wildman–Crippen MR) is 79.4 cm³/mol. The molecule has 1 aromatic rings. The zero-order valence-corrected chi connectivity index (χ0v) is 12.9. The van der Waals surface area contributed by atoms with Gasteiger partial charge in [0.05, 0.1) is 12.6 Å². The molecule has 0 spiro atoms. The molecule has 19 heavy (non-hydrogen) atoms. The Hall–Kier alpha value is -1.07. The van der Waals surface area contributed by atoms with Crippen molar-refractivity contribution in [2.75, 3.05) is 6.54 Å². The average molecular weight is 284 g/mol. The minimum Gasteiger partial charge on any atom is -0.393 e. The van der Waals surface area contributed by atoms with Crippen LogP contribution >= 0.6 is 11.3 Å². The molecule has 5 heteroatoms. The van der Waals surface area contributed by atoms with Crippen molar-refractivity contribution in [3.63, 3.8) is 0 Å². The van der Waals surface area contributed by atoms with Crippen molar-refractivity contribution in [1.82, 2.24) is 10.6 Å². The first-order valence-electron chi connectivity index (χ1n) is 6.53. The lowest BCUT2D eigenvalue weighted by Crippen LogP contribution is -2.41. The summed E-state index contributed by atoms with van der Waals surface area (Å²) in [7, 11) is 0. The highest BCUT2D eigenvalue weighted by atomic mass is 32.1.